The number of hydrogen-bond acceptors (Lipinski definition) is 6. The lowest BCUT2D eigenvalue weighted by atomic mass is 9.98. The molecule has 0 aliphatic carbocycles. The van der Waals surface area contributed by atoms with Crippen molar-refractivity contribution in [3.05, 3.63) is 52.0 Å². The van der Waals surface area contributed by atoms with E-state index >= 15 is 0 Å². The molecule has 2 aromatic rings. The highest BCUT2D eigenvalue weighted by atomic mass is 35.5. The van der Waals surface area contributed by atoms with Crippen LogP contribution < -0.4 is 19.5 Å². The Morgan fingerprint density at radius 3 is 2.94 bits per heavy atom. The number of piperidine rings is 1. The van der Waals surface area contributed by atoms with Gasteiger partial charge in [0.25, 0.3) is 0 Å². The average Bonchev–Trinajstić information content (AvgIpc) is 3.45. The molecular formula is C24H27ClN2O5. The Hall–Kier alpha value is -2.64. The summed E-state index contributed by atoms with van der Waals surface area (Å²) in [6.07, 6.45) is 2.65. The van der Waals surface area contributed by atoms with E-state index in [1.54, 1.807) is 0 Å². The van der Waals surface area contributed by atoms with Crippen molar-refractivity contribution in [2.24, 2.45) is 5.92 Å². The van der Waals surface area contributed by atoms with Crippen molar-refractivity contribution in [1.29, 1.82) is 0 Å². The van der Waals surface area contributed by atoms with Crippen LogP contribution in [0.2, 0.25) is 5.02 Å². The van der Waals surface area contributed by atoms with E-state index < -0.39 is 0 Å². The Morgan fingerprint density at radius 1 is 1.16 bits per heavy atom. The zero-order valence-corrected chi connectivity index (χ0v) is 18.7. The van der Waals surface area contributed by atoms with Gasteiger partial charge in [-0.1, -0.05) is 23.7 Å². The quantitative estimate of drug-likeness (QED) is 0.701. The molecule has 1 amide bonds. The second-order valence-corrected chi connectivity index (χ2v) is 8.94. The smallest absolute Gasteiger partial charge is 0.407 e. The second kappa shape index (κ2) is 9.46. The summed E-state index contributed by atoms with van der Waals surface area (Å²) in [6.45, 7) is 4.42. The van der Waals surface area contributed by atoms with E-state index in [-0.39, 0.29) is 12.9 Å². The minimum Gasteiger partial charge on any atom is -0.493 e. The predicted octanol–water partition coefficient (Wildman–Crippen LogP) is 4.14. The summed E-state index contributed by atoms with van der Waals surface area (Å²) in [5.41, 5.74) is 3.27. The first kappa shape index (κ1) is 21.2. The van der Waals surface area contributed by atoms with E-state index in [1.807, 2.05) is 24.3 Å². The molecule has 1 atom stereocenters. The Bertz CT molecular complexity index is 999. The van der Waals surface area contributed by atoms with Crippen molar-refractivity contribution in [1.82, 2.24) is 10.2 Å². The summed E-state index contributed by atoms with van der Waals surface area (Å²) in [7, 11) is 0. The fourth-order valence-electron chi connectivity index (χ4n) is 4.52. The van der Waals surface area contributed by atoms with Gasteiger partial charge >= 0.3 is 6.09 Å². The third-order valence-electron chi connectivity index (χ3n) is 6.18. The van der Waals surface area contributed by atoms with Crippen LogP contribution in [0.5, 0.6) is 17.2 Å². The number of halogens is 1. The van der Waals surface area contributed by atoms with Crippen molar-refractivity contribution in [3.63, 3.8) is 0 Å². The summed E-state index contributed by atoms with van der Waals surface area (Å²) >= 11 is 6.44. The standard InChI is InChI=1S/C24H27ClN2O5/c25-20-10-23-22(31-15-32-23)9-19(20)13-27-6-1-2-17(12-27)14-30-24(28)26-11-16-3-4-21-18(8-16)5-7-29-21/h3-4,8-10,17H,1-2,5-7,11-15H2,(H,26,28). The van der Waals surface area contributed by atoms with Gasteiger partial charge in [-0.3, -0.25) is 4.90 Å². The van der Waals surface area contributed by atoms with E-state index in [9.17, 15) is 4.79 Å². The molecule has 0 radical (unpaired) electrons. The van der Waals surface area contributed by atoms with Crippen LogP contribution in [0.15, 0.2) is 30.3 Å². The van der Waals surface area contributed by atoms with Gasteiger partial charge in [0.15, 0.2) is 11.5 Å². The number of likely N-dealkylation sites (tertiary alicyclic amines) is 1. The number of carbonyl (C=O) groups is 1. The van der Waals surface area contributed by atoms with Gasteiger partial charge in [0, 0.05) is 43.1 Å². The van der Waals surface area contributed by atoms with Crippen LogP contribution in [0.1, 0.15) is 29.5 Å². The zero-order valence-electron chi connectivity index (χ0n) is 17.9. The van der Waals surface area contributed by atoms with Gasteiger partial charge in [0.2, 0.25) is 6.79 Å². The molecule has 1 fully saturated rings. The van der Waals surface area contributed by atoms with E-state index in [2.05, 4.69) is 16.3 Å². The molecule has 0 aromatic heterocycles. The van der Waals surface area contributed by atoms with Gasteiger partial charge in [-0.2, -0.15) is 0 Å². The Kier molecular flexibility index (Phi) is 6.28. The maximum atomic E-state index is 12.2. The normalized spacial score (nSPS) is 19.3. The second-order valence-electron chi connectivity index (χ2n) is 8.53. The van der Waals surface area contributed by atoms with Gasteiger partial charge in [0.05, 0.1) is 13.2 Å². The van der Waals surface area contributed by atoms with Gasteiger partial charge in [-0.15, -0.1) is 0 Å². The number of nitrogens with zero attached hydrogens (tertiary/aromatic N) is 1. The highest BCUT2D eigenvalue weighted by Crippen LogP contribution is 2.37. The molecule has 1 saturated heterocycles. The molecule has 170 valence electrons. The molecule has 0 saturated carbocycles. The number of nitrogens with one attached hydrogen (secondary N) is 1. The predicted molar refractivity (Wildman–Crippen MR) is 119 cm³/mol. The lowest BCUT2D eigenvalue weighted by Crippen LogP contribution is -2.38. The summed E-state index contributed by atoms with van der Waals surface area (Å²) in [4.78, 5) is 14.6. The van der Waals surface area contributed by atoms with Gasteiger partial charge in [0.1, 0.15) is 5.75 Å². The fraction of sp³-hybridized carbons (Fsp3) is 0.458. The van der Waals surface area contributed by atoms with E-state index in [0.29, 0.717) is 29.8 Å². The molecule has 2 aromatic carbocycles. The summed E-state index contributed by atoms with van der Waals surface area (Å²) in [5.74, 6) is 2.69. The first-order valence-corrected chi connectivity index (χ1v) is 11.5. The van der Waals surface area contributed by atoms with Gasteiger partial charge < -0.3 is 24.3 Å². The fourth-order valence-corrected chi connectivity index (χ4v) is 4.73. The molecule has 0 bridgehead atoms. The first-order chi connectivity index (χ1) is 15.6. The van der Waals surface area contributed by atoms with E-state index in [0.717, 1.165) is 68.1 Å². The van der Waals surface area contributed by atoms with Crippen molar-refractivity contribution in [3.8, 4) is 17.2 Å². The number of ether oxygens (including phenoxy) is 4. The van der Waals surface area contributed by atoms with Crippen molar-refractivity contribution < 1.29 is 23.7 Å². The van der Waals surface area contributed by atoms with Gasteiger partial charge in [-0.25, -0.2) is 4.79 Å². The molecule has 7 nitrogen and oxygen atoms in total. The van der Waals surface area contributed by atoms with Crippen LogP contribution in [-0.2, 0) is 24.2 Å². The number of benzene rings is 2. The molecule has 0 spiro atoms. The van der Waals surface area contributed by atoms with E-state index in [4.69, 9.17) is 30.5 Å². The minimum atomic E-state index is -0.377. The zero-order chi connectivity index (χ0) is 21.9. The van der Waals surface area contributed by atoms with Crippen LogP contribution in [0.3, 0.4) is 0 Å². The summed E-state index contributed by atoms with van der Waals surface area (Å²) in [6, 6.07) is 9.81. The minimum absolute atomic E-state index is 0.237. The number of fused-ring (bicyclic) bond motifs is 2. The molecule has 3 aliphatic heterocycles. The number of amides is 1. The molecule has 1 N–H and O–H groups in total. The largest absolute Gasteiger partial charge is 0.493 e. The topological polar surface area (TPSA) is 69.3 Å². The van der Waals surface area contributed by atoms with Crippen molar-refractivity contribution >= 4 is 17.7 Å². The summed E-state index contributed by atoms with van der Waals surface area (Å²) in [5, 5.41) is 3.54. The van der Waals surface area contributed by atoms with Gasteiger partial charge in [-0.05, 0) is 48.2 Å². The highest BCUT2D eigenvalue weighted by molar-refractivity contribution is 6.31. The number of hydrogen-bond donors (Lipinski definition) is 1. The van der Waals surface area contributed by atoms with Crippen LogP contribution in [0.25, 0.3) is 0 Å². The Morgan fingerprint density at radius 2 is 2.03 bits per heavy atom. The van der Waals surface area contributed by atoms with Crippen LogP contribution in [0.4, 0.5) is 4.79 Å². The van der Waals surface area contributed by atoms with E-state index in [1.165, 1.54) is 5.56 Å². The Labute approximate surface area is 192 Å². The van der Waals surface area contributed by atoms with Crippen LogP contribution in [0, 0.1) is 5.92 Å². The Balaban J connectivity index is 1.08. The van der Waals surface area contributed by atoms with Crippen molar-refractivity contribution in [2.45, 2.75) is 32.4 Å². The molecule has 5 rings (SSSR count). The maximum Gasteiger partial charge on any atom is 0.407 e. The lowest BCUT2D eigenvalue weighted by Gasteiger charge is -2.32. The molecule has 32 heavy (non-hydrogen) atoms. The van der Waals surface area contributed by atoms with Crippen LogP contribution >= 0.6 is 11.6 Å². The molecular weight excluding hydrogens is 432 g/mol. The number of carbonyl (C=O) groups excluding carboxylic acids is 1. The lowest BCUT2D eigenvalue weighted by molar-refractivity contribution is 0.0867. The average molecular weight is 459 g/mol. The highest BCUT2D eigenvalue weighted by Gasteiger charge is 2.24. The molecule has 1 unspecified atom stereocenters. The molecule has 8 heteroatoms. The SMILES string of the molecule is O=C(NCc1ccc2c(c1)CCO2)OCC1CCCN(Cc2cc3c(cc2Cl)OCO3)C1. The molecule has 3 aliphatic rings. The maximum absolute atomic E-state index is 12.2. The monoisotopic (exact) mass is 458 g/mol. The van der Waals surface area contributed by atoms with Crippen molar-refractivity contribution in [2.75, 3.05) is 33.1 Å². The third-order valence-corrected chi connectivity index (χ3v) is 6.53. The third kappa shape index (κ3) is 4.89. The first-order valence-electron chi connectivity index (χ1n) is 11.1. The molecule has 3 heterocycles. The van der Waals surface area contributed by atoms with Crippen LogP contribution in [-0.4, -0.2) is 44.1 Å². The summed E-state index contributed by atoms with van der Waals surface area (Å²) < 4.78 is 21.9. The number of alkyl carbamates (subject to hydrolysis) is 1. The number of rotatable bonds is 6.